The molecule has 0 bridgehead atoms. The number of nitrogens with one attached hydrogen (secondary N) is 1. The Morgan fingerprint density at radius 2 is 2.09 bits per heavy atom. The molecule has 2 unspecified atom stereocenters. The van der Waals surface area contributed by atoms with Gasteiger partial charge in [-0.25, -0.2) is 4.68 Å². The van der Waals surface area contributed by atoms with E-state index in [-0.39, 0.29) is 18.4 Å². The molecule has 0 saturated carbocycles. The lowest BCUT2D eigenvalue weighted by Crippen LogP contribution is -2.35. The lowest BCUT2D eigenvalue weighted by atomic mass is 10.0. The molecule has 0 spiro atoms. The minimum absolute atomic E-state index is 0.154. The molecule has 0 aromatic carbocycles. The third-order valence-corrected chi connectivity index (χ3v) is 3.93. The van der Waals surface area contributed by atoms with Crippen LogP contribution in [0.4, 0.5) is 0 Å². The maximum Gasteiger partial charge on any atom is 0.254 e. The number of carbonyl (C=O) groups excluding carboxylic acids is 1. The standard InChI is InChI=1S/C16H22N4O2/c1-4-11(2)15(21)10-18-16(22)14-9-19-20(12(14)3)13-5-7-17-8-6-13/h5-9,11,15,21H,4,10H2,1-3H3,(H,18,22). The normalized spacial score (nSPS) is 13.6. The van der Waals surface area contributed by atoms with Gasteiger partial charge in [-0.2, -0.15) is 5.10 Å². The number of carbonyl (C=O) groups is 1. The number of amides is 1. The molecule has 2 atom stereocenters. The number of hydrogen-bond acceptors (Lipinski definition) is 4. The highest BCUT2D eigenvalue weighted by Gasteiger charge is 2.17. The van der Waals surface area contributed by atoms with E-state index in [1.807, 2.05) is 32.9 Å². The maximum atomic E-state index is 12.2. The maximum absolute atomic E-state index is 12.2. The number of aliphatic hydroxyl groups excluding tert-OH is 1. The average Bonchev–Trinajstić information content (AvgIpc) is 2.94. The molecule has 22 heavy (non-hydrogen) atoms. The number of pyridine rings is 1. The van der Waals surface area contributed by atoms with Crippen LogP contribution in [0.3, 0.4) is 0 Å². The van der Waals surface area contributed by atoms with Crippen LogP contribution in [-0.4, -0.2) is 38.4 Å². The number of rotatable bonds is 6. The quantitative estimate of drug-likeness (QED) is 0.851. The Labute approximate surface area is 130 Å². The Bertz CT molecular complexity index is 624. The highest BCUT2D eigenvalue weighted by atomic mass is 16.3. The van der Waals surface area contributed by atoms with Crippen LogP contribution >= 0.6 is 0 Å². The van der Waals surface area contributed by atoms with Crippen LogP contribution in [0.15, 0.2) is 30.7 Å². The monoisotopic (exact) mass is 302 g/mol. The van der Waals surface area contributed by atoms with Crippen LogP contribution in [0.25, 0.3) is 5.69 Å². The van der Waals surface area contributed by atoms with Gasteiger partial charge < -0.3 is 10.4 Å². The van der Waals surface area contributed by atoms with Crippen molar-refractivity contribution in [1.29, 1.82) is 0 Å². The zero-order valence-electron chi connectivity index (χ0n) is 13.2. The highest BCUT2D eigenvalue weighted by molar-refractivity contribution is 5.95. The van der Waals surface area contributed by atoms with Crippen molar-refractivity contribution in [3.63, 3.8) is 0 Å². The van der Waals surface area contributed by atoms with E-state index < -0.39 is 6.10 Å². The third-order valence-electron chi connectivity index (χ3n) is 3.93. The van der Waals surface area contributed by atoms with Gasteiger partial charge in [0.05, 0.1) is 29.2 Å². The minimum atomic E-state index is -0.538. The first kappa shape index (κ1) is 16.2. The smallest absolute Gasteiger partial charge is 0.254 e. The molecular weight excluding hydrogens is 280 g/mol. The molecule has 2 aromatic rings. The summed E-state index contributed by atoms with van der Waals surface area (Å²) >= 11 is 0. The van der Waals surface area contributed by atoms with Gasteiger partial charge in [-0.15, -0.1) is 0 Å². The summed E-state index contributed by atoms with van der Waals surface area (Å²) in [6.07, 6.45) is 5.23. The molecule has 1 amide bonds. The summed E-state index contributed by atoms with van der Waals surface area (Å²) in [7, 11) is 0. The summed E-state index contributed by atoms with van der Waals surface area (Å²) in [5.41, 5.74) is 2.11. The first-order valence-electron chi connectivity index (χ1n) is 7.45. The van der Waals surface area contributed by atoms with E-state index in [0.29, 0.717) is 5.56 Å². The first-order chi connectivity index (χ1) is 10.5. The van der Waals surface area contributed by atoms with Crippen molar-refractivity contribution in [2.75, 3.05) is 6.54 Å². The summed E-state index contributed by atoms with van der Waals surface area (Å²) in [5, 5.41) is 16.9. The summed E-state index contributed by atoms with van der Waals surface area (Å²) in [4.78, 5) is 16.2. The average molecular weight is 302 g/mol. The third kappa shape index (κ3) is 3.51. The zero-order valence-corrected chi connectivity index (χ0v) is 13.2. The van der Waals surface area contributed by atoms with E-state index in [9.17, 15) is 9.90 Å². The van der Waals surface area contributed by atoms with Crippen molar-refractivity contribution in [3.05, 3.63) is 42.0 Å². The molecule has 0 saturated heterocycles. The van der Waals surface area contributed by atoms with Crippen molar-refractivity contribution in [2.45, 2.75) is 33.3 Å². The van der Waals surface area contributed by atoms with Crippen molar-refractivity contribution >= 4 is 5.91 Å². The van der Waals surface area contributed by atoms with E-state index in [1.54, 1.807) is 23.3 Å². The fraction of sp³-hybridized carbons (Fsp3) is 0.438. The van der Waals surface area contributed by atoms with Gasteiger partial charge in [0.25, 0.3) is 5.91 Å². The second-order valence-electron chi connectivity index (χ2n) is 5.42. The molecule has 118 valence electrons. The molecule has 0 aliphatic rings. The van der Waals surface area contributed by atoms with Crippen LogP contribution in [0.2, 0.25) is 0 Å². The molecule has 2 N–H and O–H groups in total. The second-order valence-corrected chi connectivity index (χ2v) is 5.42. The van der Waals surface area contributed by atoms with Gasteiger partial charge in [-0.1, -0.05) is 20.3 Å². The lowest BCUT2D eigenvalue weighted by Gasteiger charge is -2.17. The van der Waals surface area contributed by atoms with Gasteiger partial charge in [0.15, 0.2) is 0 Å². The van der Waals surface area contributed by atoms with Gasteiger partial charge in [0, 0.05) is 18.9 Å². The molecule has 0 radical (unpaired) electrons. The summed E-state index contributed by atoms with van der Waals surface area (Å²) in [6, 6.07) is 3.66. The number of nitrogens with zero attached hydrogens (tertiary/aromatic N) is 3. The Morgan fingerprint density at radius 3 is 2.73 bits per heavy atom. The van der Waals surface area contributed by atoms with E-state index in [2.05, 4.69) is 15.4 Å². The molecule has 0 aliphatic heterocycles. The molecule has 6 nitrogen and oxygen atoms in total. The molecule has 6 heteroatoms. The predicted molar refractivity (Wildman–Crippen MR) is 83.9 cm³/mol. The van der Waals surface area contributed by atoms with Crippen LogP contribution < -0.4 is 5.32 Å². The Morgan fingerprint density at radius 1 is 1.41 bits per heavy atom. The minimum Gasteiger partial charge on any atom is -0.391 e. The van der Waals surface area contributed by atoms with Gasteiger partial charge in [-0.05, 0) is 25.0 Å². The van der Waals surface area contributed by atoms with E-state index in [0.717, 1.165) is 17.8 Å². The van der Waals surface area contributed by atoms with Gasteiger partial charge in [0.1, 0.15) is 0 Å². The fourth-order valence-corrected chi connectivity index (χ4v) is 2.14. The van der Waals surface area contributed by atoms with Crippen molar-refractivity contribution in [1.82, 2.24) is 20.1 Å². The summed E-state index contributed by atoms with van der Waals surface area (Å²) < 4.78 is 1.70. The topological polar surface area (TPSA) is 80.0 Å². The van der Waals surface area contributed by atoms with Crippen LogP contribution in [0, 0.1) is 12.8 Å². The number of aliphatic hydroxyl groups is 1. The summed E-state index contributed by atoms with van der Waals surface area (Å²) in [5.74, 6) is -0.0684. The zero-order chi connectivity index (χ0) is 16.1. The SMILES string of the molecule is CCC(C)C(O)CNC(=O)c1cnn(-c2ccncc2)c1C. The van der Waals surface area contributed by atoms with Crippen molar-refractivity contribution in [2.24, 2.45) is 5.92 Å². The lowest BCUT2D eigenvalue weighted by molar-refractivity contribution is 0.0849. The molecule has 2 aromatic heterocycles. The van der Waals surface area contributed by atoms with E-state index in [4.69, 9.17) is 0 Å². The van der Waals surface area contributed by atoms with E-state index >= 15 is 0 Å². The van der Waals surface area contributed by atoms with Gasteiger partial charge in [0.2, 0.25) is 0 Å². The molecular formula is C16H22N4O2. The van der Waals surface area contributed by atoms with Crippen LogP contribution in [0.5, 0.6) is 0 Å². The number of aromatic nitrogens is 3. The Hall–Kier alpha value is -2.21. The molecule has 0 fully saturated rings. The molecule has 2 rings (SSSR count). The molecule has 2 heterocycles. The Kier molecular flexibility index (Phi) is 5.27. The van der Waals surface area contributed by atoms with E-state index in [1.165, 1.54) is 0 Å². The van der Waals surface area contributed by atoms with Crippen LogP contribution in [0.1, 0.15) is 36.3 Å². The van der Waals surface area contributed by atoms with Gasteiger partial charge in [-0.3, -0.25) is 9.78 Å². The summed E-state index contributed by atoms with van der Waals surface area (Å²) in [6.45, 7) is 6.06. The van der Waals surface area contributed by atoms with Gasteiger partial charge >= 0.3 is 0 Å². The highest BCUT2D eigenvalue weighted by Crippen LogP contribution is 2.13. The first-order valence-corrected chi connectivity index (χ1v) is 7.45. The van der Waals surface area contributed by atoms with Crippen molar-refractivity contribution in [3.8, 4) is 5.69 Å². The Balaban J connectivity index is 2.07. The number of hydrogen-bond donors (Lipinski definition) is 2. The fourth-order valence-electron chi connectivity index (χ4n) is 2.14. The largest absolute Gasteiger partial charge is 0.391 e. The van der Waals surface area contributed by atoms with Crippen LogP contribution in [-0.2, 0) is 0 Å². The van der Waals surface area contributed by atoms with Crippen molar-refractivity contribution < 1.29 is 9.90 Å². The second kappa shape index (κ2) is 7.17. The predicted octanol–water partition coefficient (Wildman–Crippen LogP) is 1.71. The molecule has 0 aliphatic carbocycles.